The lowest BCUT2D eigenvalue weighted by atomic mass is 10.3. The second kappa shape index (κ2) is 4.65. The van der Waals surface area contributed by atoms with Gasteiger partial charge in [0.25, 0.3) is 0 Å². The molecule has 1 aromatic rings. The van der Waals surface area contributed by atoms with E-state index in [1.54, 1.807) is 11.3 Å². The highest BCUT2D eigenvalue weighted by Crippen LogP contribution is 2.29. The monoisotopic (exact) mass is 229 g/mol. The van der Waals surface area contributed by atoms with Gasteiger partial charge in [-0.2, -0.15) is 5.26 Å². The molecule has 14 heavy (non-hydrogen) atoms. The van der Waals surface area contributed by atoms with Gasteiger partial charge >= 0.3 is 0 Å². The lowest BCUT2D eigenvalue weighted by Gasteiger charge is -2.15. The Morgan fingerprint density at radius 3 is 3.00 bits per heavy atom. The summed E-state index contributed by atoms with van der Waals surface area (Å²) in [6.45, 7) is 1.87. The molecule has 0 amide bonds. The molecule has 0 spiro atoms. The fraction of sp³-hybridized carbons (Fsp3) is 0.444. The summed E-state index contributed by atoms with van der Waals surface area (Å²) in [7, 11) is 0. The van der Waals surface area contributed by atoms with Gasteiger partial charge in [0.15, 0.2) is 0 Å². The summed E-state index contributed by atoms with van der Waals surface area (Å²) < 4.78 is 0. The van der Waals surface area contributed by atoms with Crippen molar-refractivity contribution in [1.82, 2.24) is 0 Å². The first-order valence-corrected chi connectivity index (χ1v) is 5.17. The fourth-order valence-corrected chi connectivity index (χ4v) is 2.49. The zero-order chi connectivity index (χ0) is 9.26. The van der Waals surface area contributed by atoms with Crippen molar-refractivity contribution in [2.75, 3.05) is 18.0 Å². The third-order valence-electron chi connectivity index (χ3n) is 2.28. The number of hydrogen-bond acceptors (Lipinski definition) is 4. The Morgan fingerprint density at radius 1 is 1.64 bits per heavy atom. The third-order valence-corrected chi connectivity index (χ3v) is 3.25. The number of nitrogens with two attached hydrogens (primary N) is 1. The third kappa shape index (κ3) is 2.01. The molecular weight excluding hydrogens is 218 g/mol. The van der Waals surface area contributed by atoms with Crippen LogP contribution in [0.1, 0.15) is 12.0 Å². The van der Waals surface area contributed by atoms with Crippen molar-refractivity contribution >= 4 is 28.7 Å². The molecular formula is C9H12ClN3S. The minimum absolute atomic E-state index is 0. The van der Waals surface area contributed by atoms with E-state index in [0.29, 0.717) is 0 Å². The topological polar surface area (TPSA) is 53.0 Å². The molecule has 2 rings (SSSR count). The molecule has 0 radical (unpaired) electrons. The predicted octanol–water partition coefficient (Wildman–Crippen LogP) is 1.58. The number of nitrogens with zero attached hydrogens (tertiary/aromatic N) is 2. The molecule has 0 aromatic carbocycles. The van der Waals surface area contributed by atoms with Crippen molar-refractivity contribution in [2.45, 2.75) is 12.5 Å². The Bertz CT molecular complexity index is 344. The minimum atomic E-state index is 0. The molecule has 1 unspecified atom stereocenters. The van der Waals surface area contributed by atoms with Crippen LogP contribution >= 0.6 is 23.7 Å². The molecule has 0 aliphatic carbocycles. The standard InChI is InChI=1S/C9H11N3S.ClH/c10-5-7-2-4-13-9(7)12-3-1-8(11)6-12;/h2,4,8H,1,3,6,11H2;1H. The normalized spacial score (nSPS) is 20.3. The van der Waals surface area contributed by atoms with Gasteiger partial charge in [0.05, 0.1) is 5.56 Å². The lowest BCUT2D eigenvalue weighted by Crippen LogP contribution is -2.26. The smallest absolute Gasteiger partial charge is 0.109 e. The average Bonchev–Trinajstić information content (AvgIpc) is 2.71. The maximum absolute atomic E-state index is 8.83. The van der Waals surface area contributed by atoms with Gasteiger partial charge in [0.2, 0.25) is 0 Å². The molecule has 2 heterocycles. The van der Waals surface area contributed by atoms with E-state index in [9.17, 15) is 0 Å². The second-order valence-corrected chi connectivity index (χ2v) is 4.14. The molecule has 5 heteroatoms. The quantitative estimate of drug-likeness (QED) is 0.796. The van der Waals surface area contributed by atoms with Gasteiger partial charge in [-0.3, -0.25) is 0 Å². The first-order valence-electron chi connectivity index (χ1n) is 4.29. The van der Waals surface area contributed by atoms with Gasteiger partial charge in [0, 0.05) is 19.1 Å². The van der Waals surface area contributed by atoms with Gasteiger partial charge in [-0.05, 0) is 17.9 Å². The van der Waals surface area contributed by atoms with Crippen molar-refractivity contribution in [1.29, 1.82) is 5.26 Å². The van der Waals surface area contributed by atoms with Crippen molar-refractivity contribution in [3.63, 3.8) is 0 Å². The van der Waals surface area contributed by atoms with Crippen molar-refractivity contribution in [3.05, 3.63) is 17.0 Å². The highest BCUT2D eigenvalue weighted by Gasteiger charge is 2.21. The maximum atomic E-state index is 8.83. The van der Waals surface area contributed by atoms with E-state index in [4.69, 9.17) is 11.0 Å². The molecule has 1 saturated heterocycles. The van der Waals surface area contributed by atoms with E-state index < -0.39 is 0 Å². The number of halogens is 1. The summed E-state index contributed by atoms with van der Waals surface area (Å²) in [6.07, 6.45) is 1.03. The number of anilines is 1. The average molecular weight is 230 g/mol. The van der Waals surface area contributed by atoms with Crippen LogP contribution in [-0.2, 0) is 0 Å². The van der Waals surface area contributed by atoms with Gasteiger partial charge in [-0.25, -0.2) is 0 Å². The SMILES string of the molecule is Cl.N#Cc1ccsc1N1CCC(N)C1. The van der Waals surface area contributed by atoms with Crippen LogP contribution in [0.3, 0.4) is 0 Å². The highest BCUT2D eigenvalue weighted by molar-refractivity contribution is 7.14. The number of hydrogen-bond donors (Lipinski definition) is 1. The van der Waals surface area contributed by atoms with E-state index in [0.717, 1.165) is 30.1 Å². The Morgan fingerprint density at radius 2 is 2.43 bits per heavy atom. The predicted molar refractivity (Wildman–Crippen MR) is 61.1 cm³/mol. The second-order valence-electron chi connectivity index (χ2n) is 3.25. The number of rotatable bonds is 1. The van der Waals surface area contributed by atoms with Crippen LogP contribution in [0.5, 0.6) is 0 Å². The highest BCUT2D eigenvalue weighted by atomic mass is 35.5. The molecule has 1 aliphatic rings. The van der Waals surface area contributed by atoms with Gasteiger partial charge in [0.1, 0.15) is 11.1 Å². The summed E-state index contributed by atoms with van der Waals surface area (Å²) in [5.41, 5.74) is 6.58. The molecule has 76 valence electrons. The van der Waals surface area contributed by atoms with E-state index in [1.165, 1.54) is 0 Å². The van der Waals surface area contributed by atoms with Crippen LogP contribution in [0.15, 0.2) is 11.4 Å². The van der Waals surface area contributed by atoms with Crippen molar-refractivity contribution < 1.29 is 0 Å². The summed E-state index contributed by atoms with van der Waals surface area (Å²) in [4.78, 5) is 2.20. The summed E-state index contributed by atoms with van der Waals surface area (Å²) >= 11 is 1.62. The van der Waals surface area contributed by atoms with Gasteiger partial charge in [-0.15, -0.1) is 23.7 Å². The summed E-state index contributed by atoms with van der Waals surface area (Å²) in [5, 5.41) is 11.9. The van der Waals surface area contributed by atoms with Crippen LogP contribution in [0.25, 0.3) is 0 Å². The molecule has 1 fully saturated rings. The largest absolute Gasteiger partial charge is 0.361 e. The van der Waals surface area contributed by atoms with E-state index in [2.05, 4.69) is 11.0 Å². The Labute approximate surface area is 93.5 Å². The van der Waals surface area contributed by atoms with Crippen LogP contribution < -0.4 is 10.6 Å². The molecule has 0 bridgehead atoms. The van der Waals surface area contributed by atoms with Crippen molar-refractivity contribution in [3.8, 4) is 6.07 Å². The van der Waals surface area contributed by atoms with Gasteiger partial charge in [-0.1, -0.05) is 0 Å². The Kier molecular flexibility index (Phi) is 3.76. The van der Waals surface area contributed by atoms with E-state index in [1.807, 2.05) is 11.4 Å². The summed E-state index contributed by atoms with van der Waals surface area (Å²) in [6, 6.07) is 4.33. The Hall–Kier alpha value is -0.760. The number of thiophene rings is 1. The molecule has 1 aromatic heterocycles. The zero-order valence-corrected chi connectivity index (χ0v) is 9.27. The zero-order valence-electron chi connectivity index (χ0n) is 7.64. The van der Waals surface area contributed by atoms with Crippen LogP contribution in [0.4, 0.5) is 5.00 Å². The summed E-state index contributed by atoms with van der Waals surface area (Å²) in [5.74, 6) is 0. The number of nitriles is 1. The molecule has 2 N–H and O–H groups in total. The molecule has 1 aliphatic heterocycles. The Balaban J connectivity index is 0.000000980. The molecule has 3 nitrogen and oxygen atoms in total. The van der Waals surface area contributed by atoms with Crippen LogP contribution in [0, 0.1) is 11.3 Å². The van der Waals surface area contributed by atoms with E-state index >= 15 is 0 Å². The van der Waals surface area contributed by atoms with E-state index in [-0.39, 0.29) is 18.4 Å². The lowest BCUT2D eigenvalue weighted by molar-refractivity contribution is 0.752. The minimum Gasteiger partial charge on any atom is -0.361 e. The maximum Gasteiger partial charge on any atom is 0.109 e. The van der Waals surface area contributed by atoms with Crippen LogP contribution in [0.2, 0.25) is 0 Å². The molecule has 0 saturated carbocycles. The van der Waals surface area contributed by atoms with Gasteiger partial charge < -0.3 is 10.6 Å². The molecule has 1 atom stereocenters. The first kappa shape index (κ1) is 11.3. The fourth-order valence-electron chi connectivity index (χ4n) is 1.60. The first-order chi connectivity index (χ1) is 6.31. The van der Waals surface area contributed by atoms with Crippen LogP contribution in [-0.4, -0.2) is 19.1 Å². The van der Waals surface area contributed by atoms with Crippen molar-refractivity contribution in [2.24, 2.45) is 5.73 Å².